The Balaban J connectivity index is 1.82. The maximum absolute atomic E-state index is 13.3. The lowest BCUT2D eigenvalue weighted by atomic mass is 10.2. The molecule has 32 heavy (non-hydrogen) atoms. The quantitative estimate of drug-likeness (QED) is 0.492. The Morgan fingerprint density at radius 2 is 1.56 bits per heavy atom. The summed E-state index contributed by atoms with van der Waals surface area (Å²) in [6.07, 6.45) is 0. The molecule has 1 N–H and O–H groups in total. The molecule has 7 nitrogen and oxygen atoms in total. The molecule has 9 heteroatoms. The van der Waals surface area contributed by atoms with Crippen molar-refractivity contribution in [2.24, 2.45) is 0 Å². The number of nitrogens with zero attached hydrogens (tertiary/aromatic N) is 1. The third-order valence-electron chi connectivity index (χ3n) is 4.41. The molecule has 166 valence electrons. The van der Waals surface area contributed by atoms with Crippen molar-refractivity contribution in [3.05, 3.63) is 89.4 Å². The number of sulfonamides is 1. The van der Waals surface area contributed by atoms with Crippen molar-refractivity contribution >= 4 is 44.9 Å². The second kappa shape index (κ2) is 10.3. The molecule has 3 aromatic rings. The minimum absolute atomic E-state index is 0.0114. The molecule has 0 aromatic heterocycles. The van der Waals surface area contributed by atoms with Gasteiger partial charge < -0.3 is 10.1 Å². The van der Waals surface area contributed by atoms with Crippen LogP contribution in [-0.4, -0.2) is 33.4 Å². The van der Waals surface area contributed by atoms with E-state index in [1.54, 1.807) is 49.4 Å². The fraction of sp³-hybridized carbons (Fsp3) is 0.130. The van der Waals surface area contributed by atoms with Gasteiger partial charge in [0.25, 0.3) is 10.0 Å². The van der Waals surface area contributed by atoms with Crippen LogP contribution >= 0.6 is 11.6 Å². The molecule has 0 atom stereocenters. The van der Waals surface area contributed by atoms with Gasteiger partial charge in [-0.05, 0) is 67.6 Å². The lowest BCUT2D eigenvalue weighted by Gasteiger charge is -2.24. The van der Waals surface area contributed by atoms with Crippen molar-refractivity contribution in [2.45, 2.75) is 11.8 Å². The number of esters is 1. The maximum atomic E-state index is 13.3. The number of rotatable bonds is 8. The van der Waals surface area contributed by atoms with Crippen LogP contribution in [0.1, 0.15) is 17.3 Å². The van der Waals surface area contributed by atoms with Gasteiger partial charge in [-0.15, -0.1) is 0 Å². The molecule has 0 aliphatic heterocycles. The lowest BCUT2D eigenvalue weighted by molar-refractivity contribution is -0.114. The first-order chi connectivity index (χ1) is 15.3. The molecule has 0 saturated heterocycles. The van der Waals surface area contributed by atoms with E-state index in [1.165, 1.54) is 36.4 Å². The van der Waals surface area contributed by atoms with E-state index in [-0.39, 0.29) is 11.5 Å². The van der Waals surface area contributed by atoms with Crippen molar-refractivity contribution in [3.8, 4) is 0 Å². The molecule has 0 bridgehead atoms. The Morgan fingerprint density at radius 1 is 0.938 bits per heavy atom. The third-order valence-corrected chi connectivity index (χ3v) is 6.45. The van der Waals surface area contributed by atoms with E-state index in [0.717, 1.165) is 4.31 Å². The molecule has 1 amide bonds. The van der Waals surface area contributed by atoms with Crippen molar-refractivity contribution in [1.29, 1.82) is 0 Å². The monoisotopic (exact) mass is 472 g/mol. The SMILES string of the molecule is CCOC(=O)c1ccc(NC(=O)CN(c2ccccc2)S(=O)(=O)c2ccc(Cl)cc2)cc1. The van der Waals surface area contributed by atoms with Crippen LogP contribution in [0.25, 0.3) is 0 Å². The summed E-state index contributed by atoms with van der Waals surface area (Å²) in [6, 6.07) is 20.2. The maximum Gasteiger partial charge on any atom is 0.338 e. The Hall–Kier alpha value is -3.36. The third kappa shape index (κ3) is 5.66. The Morgan fingerprint density at radius 3 is 2.16 bits per heavy atom. The number of para-hydroxylation sites is 1. The highest BCUT2D eigenvalue weighted by Crippen LogP contribution is 2.24. The van der Waals surface area contributed by atoms with Crippen LogP contribution in [0.15, 0.2) is 83.8 Å². The van der Waals surface area contributed by atoms with Crippen molar-refractivity contribution in [1.82, 2.24) is 0 Å². The number of carbonyl (C=O) groups is 2. The van der Waals surface area contributed by atoms with Gasteiger partial charge in [0.1, 0.15) is 6.54 Å². The van der Waals surface area contributed by atoms with Crippen molar-refractivity contribution < 1.29 is 22.7 Å². The van der Waals surface area contributed by atoms with Crippen LogP contribution in [0.4, 0.5) is 11.4 Å². The summed E-state index contributed by atoms with van der Waals surface area (Å²) in [5.74, 6) is -1.01. The Bertz CT molecular complexity index is 1180. The molecule has 0 spiro atoms. The first kappa shape index (κ1) is 23.3. The van der Waals surface area contributed by atoms with Crippen LogP contribution in [0.5, 0.6) is 0 Å². The van der Waals surface area contributed by atoms with Gasteiger partial charge in [-0.3, -0.25) is 9.10 Å². The molecular formula is C23H21ClN2O5S. The van der Waals surface area contributed by atoms with Crippen molar-refractivity contribution in [3.63, 3.8) is 0 Å². The van der Waals surface area contributed by atoms with E-state index in [1.807, 2.05) is 0 Å². The zero-order valence-corrected chi connectivity index (χ0v) is 18.8. The second-order valence-electron chi connectivity index (χ2n) is 6.65. The number of carbonyl (C=O) groups excluding carboxylic acids is 2. The average molecular weight is 473 g/mol. The molecule has 0 saturated carbocycles. The Kier molecular flexibility index (Phi) is 7.50. The molecule has 0 aliphatic rings. The highest BCUT2D eigenvalue weighted by atomic mass is 35.5. The van der Waals surface area contributed by atoms with Crippen molar-refractivity contribution in [2.75, 3.05) is 22.8 Å². The molecule has 0 heterocycles. The van der Waals surface area contributed by atoms with E-state index in [2.05, 4.69) is 5.32 Å². The van der Waals surface area contributed by atoms with E-state index < -0.39 is 28.4 Å². The van der Waals surface area contributed by atoms with Crippen LogP contribution in [-0.2, 0) is 19.6 Å². The first-order valence-electron chi connectivity index (χ1n) is 9.71. The number of hydrogen-bond acceptors (Lipinski definition) is 5. The number of nitrogens with one attached hydrogen (secondary N) is 1. The number of ether oxygens (including phenoxy) is 1. The first-order valence-corrected chi connectivity index (χ1v) is 11.5. The smallest absolute Gasteiger partial charge is 0.338 e. The summed E-state index contributed by atoms with van der Waals surface area (Å²) in [7, 11) is -4.03. The average Bonchev–Trinajstić information content (AvgIpc) is 2.79. The van der Waals surface area contributed by atoms with Crippen LogP contribution in [0, 0.1) is 0 Å². The highest BCUT2D eigenvalue weighted by Gasteiger charge is 2.27. The minimum Gasteiger partial charge on any atom is -0.462 e. The summed E-state index contributed by atoms with van der Waals surface area (Å²) in [6.45, 7) is 1.52. The van der Waals surface area contributed by atoms with Gasteiger partial charge in [-0.25, -0.2) is 13.2 Å². The van der Waals surface area contributed by atoms with Gasteiger partial charge in [0.15, 0.2) is 0 Å². The van der Waals surface area contributed by atoms with Gasteiger partial charge >= 0.3 is 5.97 Å². The van der Waals surface area contributed by atoms with E-state index in [4.69, 9.17) is 16.3 Å². The molecular weight excluding hydrogens is 452 g/mol. The van der Waals surface area contributed by atoms with Gasteiger partial charge in [0.05, 0.1) is 22.8 Å². The van der Waals surface area contributed by atoms with Crippen LogP contribution in [0.3, 0.4) is 0 Å². The summed E-state index contributed by atoms with van der Waals surface area (Å²) in [5, 5.41) is 3.06. The normalized spacial score (nSPS) is 10.9. The van der Waals surface area contributed by atoms with Crippen LogP contribution in [0.2, 0.25) is 5.02 Å². The largest absolute Gasteiger partial charge is 0.462 e. The van der Waals surface area contributed by atoms with Gasteiger partial charge in [-0.2, -0.15) is 0 Å². The fourth-order valence-electron chi connectivity index (χ4n) is 2.88. The van der Waals surface area contributed by atoms with E-state index >= 15 is 0 Å². The fourth-order valence-corrected chi connectivity index (χ4v) is 4.43. The van der Waals surface area contributed by atoms with Gasteiger partial charge in [-0.1, -0.05) is 29.8 Å². The topological polar surface area (TPSA) is 92.8 Å². The zero-order chi connectivity index (χ0) is 23.1. The summed E-state index contributed by atoms with van der Waals surface area (Å²) in [4.78, 5) is 24.5. The summed E-state index contributed by atoms with van der Waals surface area (Å²) in [5.41, 5.74) is 1.11. The van der Waals surface area contributed by atoms with Gasteiger partial charge in [0, 0.05) is 10.7 Å². The molecule has 3 aromatic carbocycles. The number of halogens is 1. The lowest BCUT2D eigenvalue weighted by Crippen LogP contribution is -2.38. The predicted molar refractivity (Wildman–Crippen MR) is 123 cm³/mol. The zero-order valence-electron chi connectivity index (χ0n) is 17.2. The minimum atomic E-state index is -4.03. The second-order valence-corrected chi connectivity index (χ2v) is 8.95. The Labute approximate surface area is 191 Å². The molecule has 0 aliphatic carbocycles. The molecule has 0 unspecified atom stereocenters. The molecule has 0 radical (unpaired) electrons. The predicted octanol–water partition coefficient (Wildman–Crippen LogP) is 4.35. The van der Waals surface area contributed by atoms with E-state index in [9.17, 15) is 18.0 Å². The van der Waals surface area contributed by atoms with E-state index in [0.29, 0.717) is 22.0 Å². The summed E-state index contributed by atoms with van der Waals surface area (Å²) < 4.78 is 32.5. The number of hydrogen-bond donors (Lipinski definition) is 1. The van der Waals surface area contributed by atoms with Gasteiger partial charge in [0.2, 0.25) is 5.91 Å². The molecule has 3 rings (SSSR count). The number of anilines is 2. The number of amides is 1. The summed E-state index contributed by atoms with van der Waals surface area (Å²) >= 11 is 5.88. The highest BCUT2D eigenvalue weighted by molar-refractivity contribution is 7.92. The van der Waals surface area contributed by atoms with Crippen LogP contribution < -0.4 is 9.62 Å². The number of benzene rings is 3. The molecule has 0 fully saturated rings. The standard InChI is InChI=1S/C23H21ClN2O5S/c1-2-31-23(28)17-8-12-19(13-9-17)25-22(27)16-26(20-6-4-3-5-7-20)32(29,30)21-14-10-18(24)11-15-21/h3-15H,2,16H2,1H3,(H,25,27).